The summed E-state index contributed by atoms with van der Waals surface area (Å²) < 4.78 is 0.806. The number of urea groups is 1. The van der Waals surface area contributed by atoms with E-state index in [4.69, 9.17) is 0 Å². The molecule has 5 heteroatoms. The number of hydrogen-bond acceptors (Lipinski definition) is 2. The van der Waals surface area contributed by atoms with E-state index in [0.29, 0.717) is 17.8 Å². The van der Waals surface area contributed by atoms with Crippen LogP contribution in [0.3, 0.4) is 0 Å². The number of amides is 2. The van der Waals surface area contributed by atoms with Crippen molar-refractivity contribution >= 4 is 33.4 Å². The molecule has 2 aromatic rings. The molecular formula is C17H17BrN2O2. The molecule has 22 heavy (non-hydrogen) atoms. The van der Waals surface area contributed by atoms with Crippen LogP contribution in [0.25, 0.3) is 0 Å². The highest BCUT2D eigenvalue weighted by atomic mass is 79.9. The van der Waals surface area contributed by atoms with E-state index in [0.717, 1.165) is 10.0 Å². The minimum atomic E-state index is -0.330. The summed E-state index contributed by atoms with van der Waals surface area (Å²) in [5.74, 6) is 0.0150. The van der Waals surface area contributed by atoms with E-state index in [2.05, 4.69) is 26.6 Å². The number of benzene rings is 2. The highest BCUT2D eigenvalue weighted by Crippen LogP contribution is 2.20. The van der Waals surface area contributed by atoms with Crippen LogP contribution < -0.4 is 10.6 Å². The number of ketones is 1. The van der Waals surface area contributed by atoms with Crippen molar-refractivity contribution in [1.82, 2.24) is 5.32 Å². The van der Waals surface area contributed by atoms with Gasteiger partial charge in [-0.2, -0.15) is 0 Å². The minimum absolute atomic E-state index is 0.0150. The first-order valence-electron chi connectivity index (χ1n) is 6.95. The van der Waals surface area contributed by atoms with Crippen molar-refractivity contribution in [3.63, 3.8) is 0 Å². The molecule has 0 bridgehead atoms. The first-order chi connectivity index (χ1) is 10.6. The smallest absolute Gasteiger partial charge is 0.319 e. The van der Waals surface area contributed by atoms with Crippen molar-refractivity contribution in [2.24, 2.45) is 0 Å². The molecule has 0 radical (unpaired) electrons. The summed E-state index contributed by atoms with van der Waals surface area (Å²) in [6, 6.07) is 14.4. The van der Waals surface area contributed by atoms with Crippen molar-refractivity contribution in [2.75, 3.05) is 11.9 Å². The van der Waals surface area contributed by atoms with Crippen LogP contribution in [0, 0.1) is 6.92 Å². The Hall–Kier alpha value is -2.14. The van der Waals surface area contributed by atoms with Crippen LogP contribution in [-0.2, 0) is 0 Å². The van der Waals surface area contributed by atoms with Crippen LogP contribution in [0.15, 0.2) is 53.0 Å². The second kappa shape index (κ2) is 7.75. The van der Waals surface area contributed by atoms with E-state index in [1.165, 1.54) is 0 Å². The first kappa shape index (κ1) is 16.2. The van der Waals surface area contributed by atoms with Gasteiger partial charge in [-0.05, 0) is 35.0 Å². The number of carbonyl (C=O) groups excluding carboxylic acids is 2. The Balaban J connectivity index is 1.78. The number of halogens is 1. The number of carbonyl (C=O) groups is 2. The van der Waals surface area contributed by atoms with Gasteiger partial charge in [-0.15, -0.1) is 0 Å². The molecule has 0 saturated heterocycles. The second-order valence-electron chi connectivity index (χ2n) is 4.90. The van der Waals surface area contributed by atoms with Gasteiger partial charge in [-0.3, -0.25) is 4.79 Å². The maximum absolute atomic E-state index is 12.0. The number of hydrogen-bond donors (Lipinski definition) is 2. The van der Waals surface area contributed by atoms with Gasteiger partial charge in [0.2, 0.25) is 0 Å². The average molecular weight is 361 g/mol. The van der Waals surface area contributed by atoms with Gasteiger partial charge >= 0.3 is 6.03 Å². The van der Waals surface area contributed by atoms with Gasteiger partial charge in [0.1, 0.15) is 0 Å². The third kappa shape index (κ3) is 4.70. The Labute approximate surface area is 138 Å². The first-order valence-corrected chi connectivity index (χ1v) is 7.75. The molecule has 0 heterocycles. The monoisotopic (exact) mass is 360 g/mol. The van der Waals surface area contributed by atoms with Crippen molar-refractivity contribution in [2.45, 2.75) is 13.3 Å². The normalized spacial score (nSPS) is 10.1. The van der Waals surface area contributed by atoms with Crippen molar-refractivity contribution in [3.05, 3.63) is 64.1 Å². The molecule has 0 aliphatic rings. The fraction of sp³-hybridized carbons (Fsp3) is 0.176. The van der Waals surface area contributed by atoms with E-state index in [1.807, 2.05) is 37.3 Å². The lowest BCUT2D eigenvalue weighted by Crippen LogP contribution is -2.30. The Morgan fingerprint density at radius 3 is 2.41 bits per heavy atom. The van der Waals surface area contributed by atoms with E-state index in [1.54, 1.807) is 18.2 Å². The number of Topliss-reactive ketones (excluding diaryl/α,β-unsaturated/α-hetero) is 1. The lowest BCUT2D eigenvalue weighted by Gasteiger charge is -2.08. The third-order valence-corrected chi connectivity index (χ3v) is 3.82. The number of nitrogens with one attached hydrogen (secondary N) is 2. The fourth-order valence-electron chi connectivity index (χ4n) is 1.90. The Kier molecular flexibility index (Phi) is 5.72. The average Bonchev–Trinajstić information content (AvgIpc) is 2.50. The van der Waals surface area contributed by atoms with Crippen LogP contribution in [-0.4, -0.2) is 18.4 Å². The molecule has 0 unspecified atom stereocenters. The molecular weight excluding hydrogens is 344 g/mol. The van der Waals surface area contributed by atoms with Crippen molar-refractivity contribution < 1.29 is 9.59 Å². The van der Waals surface area contributed by atoms with Gasteiger partial charge < -0.3 is 10.6 Å². The van der Waals surface area contributed by atoms with Gasteiger partial charge in [-0.1, -0.05) is 42.0 Å². The van der Waals surface area contributed by atoms with Gasteiger partial charge in [0.15, 0.2) is 5.78 Å². The minimum Gasteiger partial charge on any atom is -0.337 e. The van der Waals surface area contributed by atoms with E-state index >= 15 is 0 Å². The zero-order chi connectivity index (χ0) is 15.9. The molecule has 2 aromatic carbocycles. The van der Waals surface area contributed by atoms with Crippen molar-refractivity contribution in [1.29, 1.82) is 0 Å². The standard InChI is InChI=1S/C17H17BrN2O2/c1-12-6-8-13(9-7-12)16(21)10-11-19-17(22)20-15-5-3-2-4-14(15)18/h2-9H,10-11H2,1H3,(H2,19,20,22). The molecule has 2 N–H and O–H groups in total. The number of aryl methyl sites for hydroxylation is 1. The summed E-state index contributed by atoms with van der Waals surface area (Å²) in [5.41, 5.74) is 2.46. The number of para-hydroxylation sites is 1. The van der Waals surface area contributed by atoms with Gasteiger partial charge in [0.05, 0.1) is 5.69 Å². The van der Waals surface area contributed by atoms with Crippen LogP contribution in [0.4, 0.5) is 10.5 Å². The fourth-order valence-corrected chi connectivity index (χ4v) is 2.29. The summed E-state index contributed by atoms with van der Waals surface area (Å²) in [6.45, 7) is 2.27. The summed E-state index contributed by atoms with van der Waals surface area (Å²) in [6.07, 6.45) is 0.270. The number of rotatable bonds is 5. The Morgan fingerprint density at radius 2 is 1.73 bits per heavy atom. The number of anilines is 1. The lowest BCUT2D eigenvalue weighted by atomic mass is 10.1. The van der Waals surface area contributed by atoms with E-state index < -0.39 is 0 Å². The maximum atomic E-state index is 12.0. The van der Waals surface area contributed by atoms with Crippen LogP contribution in [0.1, 0.15) is 22.3 Å². The summed E-state index contributed by atoms with van der Waals surface area (Å²) in [7, 11) is 0. The second-order valence-corrected chi connectivity index (χ2v) is 5.75. The molecule has 0 aliphatic carbocycles. The zero-order valence-corrected chi connectivity index (χ0v) is 13.8. The molecule has 0 aromatic heterocycles. The highest BCUT2D eigenvalue weighted by molar-refractivity contribution is 9.10. The summed E-state index contributed by atoms with van der Waals surface area (Å²) in [4.78, 5) is 23.7. The third-order valence-electron chi connectivity index (χ3n) is 3.13. The van der Waals surface area contributed by atoms with Crippen molar-refractivity contribution in [3.8, 4) is 0 Å². The summed E-state index contributed by atoms with van der Waals surface area (Å²) >= 11 is 3.36. The van der Waals surface area contributed by atoms with E-state index in [-0.39, 0.29) is 18.2 Å². The van der Waals surface area contributed by atoms with Crippen LogP contribution >= 0.6 is 15.9 Å². The van der Waals surface area contributed by atoms with Crippen LogP contribution in [0.5, 0.6) is 0 Å². The SMILES string of the molecule is Cc1ccc(C(=O)CCNC(=O)Nc2ccccc2Br)cc1. The molecule has 0 spiro atoms. The van der Waals surface area contributed by atoms with E-state index in [9.17, 15) is 9.59 Å². The molecule has 2 rings (SSSR count). The Bertz CT molecular complexity index is 669. The molecule has 0 saturated carbocycles. The molecule has 114 valence electrons. The quantitative estimate of drug-likeness (QED) is 0.786. The van der Waals surface area contributed by atoms with Gasteiger partial charge in [0, 0.05) is 23.0 Å². The maximum Gasteiger partial charge on any atom is 0.319 e. The zero-order valence-electron chi connectivity index (χ0n) is 12.2. The molecule has 2 amide bonds. The Morgan fingerprint density at radius 1 is 1.05 bits per heavy atom. The van der Waals surface area contributed by atoms with Gasteiger partial charge in [0.25, 0.3) is 0 Å². The molecule has 0 fully saturated rings. The largest absolute Gasteiger partial charge is 0.337 e. The summed E-state index contributed by atoms with van der Waals surface area (Å²) in [5, 5.41) is 5.40. The highest BCUT2D eigenvalue weighted by Gasteiger charge is 2.07. The predicted molar refractivity (Wildman–Crippen MR) is 91.3 cm³/mol. The molecule has 4 nitrogen and oxygen atoms in total. The topological polar surface area (TPSA) is 58.2 Å². The molecule has 0 aliphatic heterocycles. The molecule has 0 atom stereocenters. The predicted octanol–water partition coefficient (Wildman–Crippen LogP) is 4.15. The van der Waals surface area contributed by atoms with Crippen LogP contribution in [0.2, 0.25) is 0 Å². The van der Waals surface area contributed by atoms with Gasteiger partial charge in [-0.25, -0.2) is 4.79 Å². The lowest BCUT2D eigenvalue weighted by molar-refractivity contribution is 0.0984.